The molecule has 0 spiro atoms. The molecule has 0 bridgehead atoms. The number of hydrogen-bond acceptors (Lipinski definition) is 4. The number of carbonyl (C=O) groups excluding carboxylic acids is 1. The van der Waals surface area contributed by atoms with Gasteiger partial charge in [-0.25, -0.2) is 0 Å². The first-order valence-electron chi connectivity index (χ1n) is 7.87. The molecule has 1 aromatic heterocycles. The first-order valence-corrected chi connectivity index (χ1v) is 9.56. The van der Waals surface area contributed by atoms with Crippen molar-refractivity contribution in [3.05, 3.63) is 52.7 Å². The van der Waals surface area contributed by atoms with E-state index in [1.54, 1.807) is 11.3 Å². The van der Waals surface area contributed by atoms with Crippen molar-refractivity contribution in [3.8, 4) is 0 Å². The van der Waals surface area contributed by atoms with Crippen LogP contribution in [0.2, 0.25) is 0 Å². The average molecular weight is 348 g/mol. The number of thioether (sulfide) groups is 1. The monoisotopic (exact) mass is 347 g/mol. The Hall–Kier alpha value is -1.30. The van der Waals surface area contributed by atoms with E-state index in [1.165, 1.54) is 4.90 Å². The highest BCUT2D eigenvalue weighted by atomic mass is 32.2. The Labute approximate surface area is 145 Å². The maximum absolute atomic E-state index is 12.2. The van der Waals surface area contributed by atoms with Gasteiger partial charge in [0.1, 0.15) is 0 Å². The van der Waals surface area contributed by atoms with Crippen molar-refractivity contribution in [2.45, 2.75) is 28.9 Å². The lowest BCUT2D eigenvalue weighted by Crippen LogP contribution is -2.44. The topological polar surface area (TPSA) is 38.3 Å². The van der Waals surface area contributed by atoms with Crippen LogP contribution in [-0.2, 0) is 16.0 Å². The first-order chi connectivity index (χ1) is 11.3. The van der Waals surface area contributed by atoms with Gasteiger partial charge in [-0.05, 0) is 36.4 Å². The Kier molecular flexibility index (Phi) is 5.75. The van der Waals surface area contributed by atoms with E-state index >= 15 is 0 Å². The standard InChI is InChI=1S/C18H21NO2S2/c20-17(13-16-7-4-12-22-16)19-14-18(8-10-21-11-9-18)23-15-5-2-1-3-6-15/h1-7,12H,8-11,13-14H2,(H,19,20). The van der Waals surface area contributed by atoms with E-state index in [0.717, 1.165) is 30.9 Å². The second kappa shape index (κ2) is 7.99. The molecule has 0 atom stereocenters. The van der Waals surface area contributed by atoms with E-state index in [2.05, 4.69) is 29.6 Å². The van der Waals surface area contributed by atoms with Crippen LogP contribution in [0.1, 0.15) is 17.7 Å². The molecular weight excluding hydrogens is 326 g/mol. The summed E-state index contributed by atoms with van der Waals surface area (Å²) in [5.41, 5.74) is 0. The fraction of sp³-hybridized carbons (Fsp3) is 0.389. The van der Waals surface area contributed by atoms with Gasteiger partial charge in [-0.1, -0.05) is 24.3 Å². The van der Waals surface area contributed by atoms with E-state index in [4.69, 9.17) is 4.74 Å². The van der Waals surface area contributed by atoms with Crippen LogP contribution in [0.5, 0.6) is 0 Å². The summed E-state index contributed by atoms with van der Waals surface area (Å²) in [6.45, 7) is 2.22. The lowest BCUT2D eigenvalue weighted by atomic mass is 9.99. The zero-order chi connectivity index (χ0) is 16.0. The van der Waals surface area contributed by atoms with Gasteiger partial charge < -0.3 is 10.1 Å². The van der Waals surface area contributed by atoms with Crippen molar-refractivity contribution < 1.29 is 9.53 Å². The van der Waals surface area contributed by atoms with E-state index in [9.17, 15) is 4.79 Å². The largest absolute Gasteiger partial charge is 0.381 e. The Balaban J connectivity index is 1.61. The molecule has 0 aliphatic carbocycles. The van der Waals surface area contributed by atoms with Gasteiger partial charge in [-0.2, -0.15) is 0 Å². The summed E-state index contributed by atoms with van der Waals surface area (Å²) in [4.78, 5) is 14.6. The number of hydrogen-bond donors (Lipinski definition) is 1. The maximum atomic E-state index is 12.2. The van der Waals surface area contributed by atoms with Gasteiger partial charge in [0.25, 0.3) is 0 Å². The number of carbonyl (C=O) groups is 1. The normalized spacial score (nSPS) is 16.9. The van der Waals surface area contributed by atoms with E-state index in [-0.39, 0.29) is 10.7 Å². The van der Waals surface area contributed by atoms with Crippen molar-refractivity contribution >= 4 is 29.0 Å². The highest BCUT2D eigenvalue weighted by molar-refractivity contribution is 8.00. The highest BCUT2D eigenvalue weighted by Gasteiger charge is 2.34. The van der Waals surface area contributed by atoms with Crippen molar-refractivity contribution in [2.24, 2.45) is 0 Å². The van der Waals surface area contributed by atoms with Crippen LogP contribution < -0.4 is 5.32 Å². The smallest absolute Gasteiger partial charge is 0.225 e. The molecule has 1 amide bonds. The summed E-state index contributed by atoms with van der Waals surface area (Å²) in [6.07, 6.45) is 2.40. The highest BCUT2D eigenvalue weighted by Crippen LogP contribution is 2.40. The predicted octanol–water partition coefficient (Wildman–Crippen LogP) is 3.75. The zero-order valence-corrected chi connectivity index (χ0v) is 14.6. The Morgan fingerprint density at radius 3 is 2.65 bits per heavy atom. The van der Waals surface area contributed by atoms with Crippen molar-refractivity contribution in [2.75, 3.05) is 19.8 Å². The lowest BCUT2D eigenvalue weighted by Gasteiger charge is -2.36. The van der Waals surface area contributed by atoms with Gasteiger partial charge >= 0.3 is 0 Å². The molecule has 2 heterocycles. The number of rotatable bonds is 6. The molecule has 23 heavy (non-hydrogen) atoms. The first kappa shape index (κ1) is 16.6. The quantitative estimate of drug-likeness (QED) is 0.865. The molecule has 1 saturated heterocycles. The van der Waals surface area contributed by atoms with Crippen LogP contribution in [0.25, 0.3) is 0 Å². The van der Waals surface area contributed by atoms with Crippen molar-refractivity contribution in [1.29, 1.82) is 0 Å². The van der Waals surface area contributed by atoms with Gasteiger partial charge in [0, 0.05) is 34.3 Å². The number of thiophene rings is 1. The van der Waals surface area contributed by atoms with Crippen LogP contribution in [0.4, 0.5) is 0 Å². The molecule has 1 aliphatic rings. The SMILES string of the molecule is O=C(Cc1cccs1)NCC1(Sc2ccccc2)CCOCC1. The fourth-order valence-corrected chi connectivity index (χ4v) is 4.70. The minimum absolute atomic E-state index is 0.0325. The predicted molar refractivity (Wildman–Crippen MR) is 96.1 cm³/mol. The van der Waals surface area contributed by atoms with Gasteiger partial charge in [0.2, 0.25) is 5.91 Å². The average Bonchev–Trinajstić information content (AvgIpc) is 3.08. The summed E-state index contributed by atoms with van der Waals surface area (Å²) >= 11 is 3.50. The fourth-order valence-electron chi connectivity index (χ4n) is 2.69. The molecule has 3 nitrogen and oxygen atoms in total. The van der Waals surface area contributed by atoms with Crippen LogP contribution >= 0.6 is 23.1 Å². The lowest BCUT2D eigenvalue weighted by molar-refractivity contribution is -0.120. The molecule has 2 aromatic rings. The molecule has 1 fully saturated rings. The summed E-state index contributed by atoms with van der Waals surface area (Å²) in [5, 5.41) is 5.15. The molecule has 0 radical (unpaired) electrons. The number of amides is 1. The second-order valence-corrected chi connectivity index (χ2v) is 8.32. The third-order valence-electron chi connectivity index (χ3n) is 4.00. The molecule has 3 rings (SSSR count). The van der Waals surface area contributed by atoms with E-state index in [0.29, 0.717) is 13.0 Å². The second-order valence-electron chi connectivity index (χ2n) is 5.74. The summed E-state index contributed by atoms with van der Waals surface area (Å²) in [7, 11) is 0. The van der Waals surface area contributed by atoms with Crippen LogP contribution in [0.3, 0.4) is 0 Å². The molecule has 0 unspecified atom stereocenters. The third-order valence-corrected chi connectivity index (χ3v) is 6.37. The summed E-state index contributed by atoms with van der Waals surface area (Å²) in [5.74, 6) is 0.104. The maximum Gasteiger partial charge on any atom is 0.225 e. The number of nitrogens with one attached hydrogen (secondary N) is 1. The van der Waals surface area contributed by atoms with E-state index < -0.39 is 0 Å². The molecule has 122 valence electrons. The third kappa shape index (κ3) is 4.83. The molecule has 0 saturated carbocycles. The Morgan fingerprint density at radius 2 is 1.96 bits per heavy atom. The van der Waals surface area contributed by atoms with Crippen molar-refractivity contribution in [1.82, 2.24) is 5.32 Å². The van der Waals surface area contributed by atoms with Gasteiger partial charge in [0.05, 0.1) is 6.42 Å². The molecular formula is C18H21NO2S2. The minimum atomic E-state index is 0.0325. The van der Waals surface area contributed by atoms with Gasteiger partial charge in [-0.15, -0.1) is 23.1 Å². The Bertz CT molecular complexity index is 607. The summed E-state index contributed by atoms with van der Waals surface area (Å²) < 4.78 is 5.56. The zero-order valence-electron chi connectivity index (χ0n) is 13.0. The van der Waals surface area contributed by atoms with Gasteiger partial charge in [0.15, 0.2) is 0 Å². The molecule has 1 aromatic carbocycles. The molecule has 5 heteroatoms. The van der Waals surface area contributed by atoms with Crippen molar-refractivity contribution in [3.63, 3.8) is 0 Å². The molecule has 1 N–H and O–H groups in total. The van der Waals surface area contributed by atoms with Gasteiger partial charge in [-0.3, -0.25) is 4.79 Å². The van der Waals surface area contributed by atoms with Crippen LogP contribution in [0.15, 0.2) is 52.7 Å². The number of ether oxygens (including phenoxy) is 1. The minimum Gasteiger partial charge on any atom is -0.381 e. The number of benzene rings is 1. The van der Waals surface area contributed by atoms with E-state index in [1.807, 2.05) is 35.3 Å². The van der Waals surface area contributed by atoms with Crippen LogP contribution in [0, 0.1) is 0 Å². The Morgan fingerprint density at radius 1 is 1.17 bits per heavy atom. The molecule has 1 aliphatic heterocycles. The van der Waals surface area contributed by atoms with Crippen LogP contribution in [-0.4, -0.2) is 30.4 Å². The summed E-state index contributed by atoms with van der Waals surface area (Å²) in [6, 6.07) is 14.4.